The van der Waals surface area contributed by atoms with Crippen molar-refractivity contribution in [3.05, 3.63) is 23.4 Å². The first kappa shape index (κ1) is 14.7. The molecule has 0 atom stereocenters. The molecule has 1 amide bonds. The average molecular weight is 292 g/mol. The molecule has 0 bridgehead atoms. The van der Waals surface area contributed by atoms with Crippen LogP contribution in [0.5, 0.6) is 0 Å². The van der Waals surface area contributed by atoms with Crippen molar-refractivity contribution in [1.82, 2.24) is 9.88 Å². The Morgan fingerprint density at radius 1 is 1.50 bits per heavy atom. The lowest BCUT2D eigenvalue weighted by Gasteiger charge is -2.16. The molecule has 1 aromatic rings. The quantitative estimate of drug-likeness (QED) is 0.804. The van der Waals surface area contributed by atoms with E-state index in [1.165, 1.54) is 0 Å². The molecule has 3 N–H and O–H groups in total. The van der Waals surface area contributed by atoms with Crippen molar-refractivity contribution in [3.63, 3.8) is 0 Å². The summed E-state index contributed by atoms with van der Waals surface area (Å²) in [6.07, 6.45) is 4.41. The van der Waals surface area contributed by atoms with Crippen LogP contribution in [0.1, 0.15) is 30.4 Å². The molecule has 1 saturated heterocycles. The molecule has 0 radical (unpaired) electrons. The second-order valence-corrected chi connectivity index (χ2v) is 5.42. The van der Waals surface area contributed by atoms with Gasteiger partial charge in [0, 0.05) is 32.3 Å². The van der Waals surface area contributed by atoms with Crippen molar-refractivity contribution in [2.45, 2.75) is 26.2 Å². The van der Waals surface area contributed by atoms with Crippen molar-refractivity contribution < 1.29 is 4.79 Å². The monoisotopic (exact) mass is 292 g/mol. The Kier molecular flexibility index (Phi) is 4.89. The van der Waals surface area contributed by atoms with E-state index in [-0.39, 0.29) is 5.91 Å². The lowest BCUT2D eigenvalue weighted by molar-refractivity contribution is -0.129. The molecule has 1 fully saturated rings. The number of likely N-dealkylation sites (tertiary alicyclic amines) is 1. The number of nitrogens with zero attached hydrogens (tertiary/aromatic N) is 2. The summed E-state index contributed by atoms with van der Waals surface area (Å²) in [6, 6.07) is 1.87. The normalized spacial score (nSPS) is 14.3. The van der Waals surface area contributed by atoms with E-state index in [2.05, 4.69) is 10.3 Å². The van der Waals surface area contributed by atoms with Gasteiger partial charge in [-0.1, -0.05) is 12.2 Å². The van der Waals surface area contributed by atoms with Crippen LogP contribution in [0, 0.1) is 6.92 Å². The first-order valence-electron chi connectivity index (χ1n) is 6.86. The zero-order chi connectivity index (χ0) is 14.5. The molecule has 0 unspecified atom stereocenters. The molecule has 0 saturated carbocycles. The van der Waals surface area contributed by atoms with Gasteiger partial charge in [-0.25, -0.2) is 4.98 Å². The Balaban J connectivity index is 1.92. The van der Waals surface area contributed by atoms with Crippen molar-refractivity contribution in [2.24, 2.45) is 5.73 Å². The van der Waals surface area contributed by atoms with Crippen LogP contribution in [-0.2, 0) is 4.79 Å². The number of pyridine rings is 1. The fourth-order valence-corrected chi connectivity index (χ4v) is 2.67. The van der Waals surface area contributed by atoms with Crippen LogP contribution in [0.25, 0.3) is 0 Å². The first-order valence-corrected chi connectivity index (χ1v) is 7.27. The summed E-state index contributed by atoms with van der Waals surface area (Å²) in [5.41, 5.74) is 7.47. The molecule has 6 heteroatoms. The van der Waals surface area contributed by atoms with Gasteiger partial charge in [0.15, 0.2) is 0 Å². The van der Waals surface area contributed by atoms with E-state index >= 15 is 0 Å². The smallest absolute Gasteiger partial charge is 0.224 e. The van der Waals surface area contributed by atoms with Gasteiger partial charge < -0.3 is 16.0 Å². The highest BCUT2D eigenvalue weighted by molar-refractivity contribution is 7.80. The Morgan fingerprint density at radius 3 is 2.85 bits per heavy atom. The predicted molar refractivity (Wildman–Crippen MR) is 83.8 cm³/mol. The topological polar surface area (TPSA) is 71.2 Å². The van der Waals surface area contributed by atoms with Gasteiger partial charge in [-0.2, -0.15) is 0 Å². The van der Waals surface area contributed by atoms with Crippen LogP contribution in [0.2, 0.25) is 0 Å². The van der Waals surface area contributed by atoms with E-state index in [9.17, 15) is 4.79 Å². The second kappa shape index (κ2) is 6.65. The first-order chi connectivity index (χ1) is 9.59. The van der Waals surface area contributed by atoms with Gasteiger partial charge in [0.1, 0.15) is 10.8 Å². The molecular weight excluding hydrogens is 272 g/mol. The third-order valence-corrected chi connectivity index (χ3v) is 3.70. The molecular formula is C14H20N4OS. The third kappa shape index (κ3) is 3.45. The summed E-state index contributed by atoms with van der Waals surface area (Å²) >= 11 is 5.05. The minimum atomic E-state index is 0.194. The second-order valence-electron chi connectivity index (χ2n) is 4.98. The standard InChI is InChI=1S/C14H20N4OS/c1-10-4-6-16-14(12(10)13(15)20)17-7-5-11(19)18-8-2-3-9-18/h4,6H,2-3,5,7-9H2,1H3,(H2,15,20)(H,16,17). The van der Waals surface area contributed by atoms with Gasteiger partial charge in [0.2, 0.25) is 5.91 Å². The number of nitrogens with one attached hydrogen (secondary N) is 1. The van der Waals surface area contributed by atoms with Crippen LogP contribution < -0.4 is 11.1 Å². The summed E-state index contributed by atoms with van der Waals surface area (Å²) in [6.45, 7) is 4.26. The van der Waals surface area contributed by atoms with Gasteiger partial charge in [-0.05, 0) is 31.4 Å². The van der Waals surface area contributed by atoms with Crippen LogP contribution in [0.3, 0.4) is 0 Å². The molecule has 2 rings (SSSR count). The fraction of sp³-hybridized carbons (Fsp3) is 0.500. The lowest BCUT2D eigenvalue weighted by atomic mass is 10.1. The van der Waals surface area contributed by atoms with Gasteiger partial charge in [0.05, 0.1) is 5.56 Å². The molecule has 1 aliphatic rings. The minimum Gasteiger partial charge on any atom is -0.389 e. The number of carbonyl (C=O) groups excluding carboxylic acids is 1. The Labute approximate surface area is 124 Å². The largest absolute Gasteiger partial charge is 0.389 e. The summed E-state index contributed by atoms with van der Waals surface area (Å²) in [4.78, 5) is 18.4. The van der Waals surface area contributed by atoms with Gasteiger partial charge >= 0.3 is 0 Å². The number of hydrogen-bond acceptors (Lipinski definition) is 4. The van der Waals surface area contributed by atoms with Crippen LogP contribution in [0.15, 0.2) is 12.3 Å². The van der Waals surface area contributed by atoms with Crippen LogP contribution >= 0.6 is 12.2 Å². The maximum atomic E-state index is 11.9. The van der Waals surface area contributed by atoms with Crippen LogP contribution in [-0.4, -0.2) is 40.4 Å². The zero-order valence-corrected chi connectivity index (χ0v) is 12.5. The molecule has 1 aliphatic heterocycles. The number of nitrogens with two attached hydrogens (primary N) is 1. The third-order valence-electron chi connectivity index (χ3n) is 3.50. The van der Waals surface area contributed by atoms with Crippen LogP contribution in [0.4, 0.5) is 5.82 Å². The van der Waals surface area contributed by atoms with Gasteiger partial charge in [-0.15, -0.1) is 0 Å². The number of carbonyl (C=O) groups is 1. The van der Waals surface area contributed by atoms with Crippen molar-refractivity contribution in [1.29, 1.82) is 0 Å². The number of thiocarbonyl (C=S) groups is 1. The van der Waals surface area contributed by atoms with E-state index in [1.54, 1.807) is 6.20 Å². The number of rotatable bonds is 5. The fourth-order valence-electron chi connectivity index (χ4n) is 2.42. The Morgan fingerprint density at radius 2 is 2.20 bits per heavy atom. The molecule has 108 valence electrons. The highest BCUT2D eigenvalue weighted by atomic mass is 32.1. The van der Waals surface area contributed by atoms with E-state index in [4.69, 9.17) is 18.0 Å². The zero-order valence-electron chi connectivity index (χ0n) is 11.7. The molecule has 0 aliphatic carbocycles. The number of anilines is 1. The Bertz CT molecular complexity index is 512. The molecule has 0 aromatic carbocycles. The van der Waals surface area contributed by atoms with Crippen molar-refractivity contribution >= 4 is 28.9 Å². The molecule has 1 aromatic heterocycles. The number of aryl methyl sites for hydroxylation is 1. The van der Waals surface area contributed by atoms with E-state index in [0.29, 0.717) is 23.8 Å². The number of aromatic nitrogens is 1. The summed E-state index contributed by atoms with van der Waals surface area (Å²) in [7, 11) is 0. The van der Waals surface area contributed by atoms with Gasteiger partial charge in [0.25, 0.3) is 0 Å². The van der Waals surface area contributed by atoms with E-state index in [0.717, 1.165) is 37.1 Å². The summed E-state index contributed by atoms with van der Waals surface area (Å²) < 4.78 is 0. The van der Waals surface area contributed by atoms with Gasteiger partial charge in [-0.3, -0.25) is 4.79 Å². The van der Waals surface area contributed by atoms with Crippen molar-refractivity contribution in [3.8, 4) is 0 Å². The average Bonchev–Trinajstić information content (AvgIpc) is 2.92. The lowest BCUT2D eigenvalue weighted by Crippen LogP contribution is -2.29. The summed E-state index contributed by atoms with van der Waals surface area (Å²) in [5, 5.41) is 3.16. The molecule has 0 spiro atoms. The minimum absolute atomic E-state index is 0.194. The number of amides is 1. The van der Waals surface area contributed by atoms with Crippen molar-refractivity contribution in [2.75, 3.05) is 25.0 Å². The number of hydrogen-bond donors (Lipinski definition) is 2. The highest BCUT2D eigenvalue weighted by Gasteiger charge is 2.17. The van der Waals surface area contributed by atoms with E-state index in [1.807, 2.05) is 17.9 Å². The SMILES string of the molecule is Cc1ccnc(NCCC(=O)N2CCCC2)c1C(N)=S. The maximum absolute atomic E-state index is 11.9. The highest BCUT2D eigenvalue weighted by Crippen LogP contribution is 2.16. The Hall–Kier alpha value is -1.69. The molecule has 20 heavy (non-hydrogen) atoms. The molecule has 2 heterocycles. The summed E-state index contributed by atoms with van der Waals surface area (Å²) in [5.74, 6) is 0.853. The molecule has 5 nitrogen and oxygen atoms in total. The van der Waals surface area contributed by atoms with E-state index < -0.39 is 0 Å². The maximum Gasteiger partial charge on any atom is 0.224 e. The predicted octanol–water partition coefficient (Wildman–Crippen LogP) is 1.45.